The van der Waals surface area contributed by atoms with Crippen LogP contribution in [0, 0.1) is 5.92 Å². The molecule has 0 aliphatic carbocycles. The predicted octanol–water partition coefficient (Wildman–Crippen LogP) is 2.40. The highest BCUT2D eigenvalue weighted by Crippen LogP contribution is 2.30. The van der Waals surface area contributed by atoms with Gasteiger partial charge >= 0.3 is 0 Å². The Balaban J connectivity index is 1.67. The van der Waals surface area contributed by atoms with Crippen LogP contribution in [0.25, 0.3) is 0 Å². The zero-order valence-corrected chi connectivity index (χ0v) is 11.5. The maximum absolute atomic E-state index is 6.39. The Morgan fingerprint density at radius 3 is 3.16 bits per heavy atom. The first kappa shape index (κ1) is 12.9. The van der Waals surface area contributed by atoms with Gasteiger partial charge in [0.2, 0.25) is 0 Å². The summed E-state index contributed by atoms with van der Waals surface area (Å²) in [7, 11) is 0. The van der Waals surface area contributed by atoms with Crippen molar-refractivity contribution < 1.29 is 4.74 Å². The van der Waals surface area contributed by atoms with Gasteiger partial charge in [-0.2, -0.15) is 0 Å². The van der Waals surface area contributed by atoms with Gasteiger partial charge in [-0.3, -0.25) is 0 Å². The smallest absolute Gasteiger partial charge is 0.122 e. The van der Waals surface area contributed by atoms with E-state index in [-0.39, 0.29) is 6.04 Å². The largest absolute Gasteiger partial charge is 0.493 e. The van der Waals surface area contributed by atoms with Gasteiger partial charge in [0.25, 0.3) is 0 Å². The number of hydrogen-bond acceptors (Lipinski definition) is 3. The van der Waals surface area contributed by atoms with Gasteiger partial charge in [-0.15, -0.1) is 0 Å². The normalized spacial score (nSPS) is 24.4. The lowest BCUT2D eigenvalue weighted by molar-refractivity contribution is 0.288. The van der Waals surface area contributed by atoms with Crippen molar-refractivity contribution in [2.24, 2.45) is 11.7 Å². The van der Waals surface area contributed by atoms with Crippen LogP contribution >= 0.6 is 0 Å². The van der Waals surface area contributed by atoms with E-state index in [0.717, 1.165) is 44.1 Å². The summed E-state index contributed by atoms with van der Waals surface area (Å²) in [5.74, 6) is 1.79. The molecule has 3 rings (SSSR count). The Morgan fingerprint density at radius 1 is 1.37 bits per heavy atom. The van der Waals surface area contributed by atoms with E-state index in [4.69, 9.17) is 10.5 Å². The minimum Gasteiger partial charge on any atom is -0.493 e. The molecule has 2 aliphatic heterocycles. The molecule has 0 radical (unpaired) electrons. The van der Waals surface area contributed by atoms with Crippen LogP contribution in [0.1, 0.15) is 42.9 Å². The summed E-state index contributed by atoms with van der Waals surface area (Å²) < 4.78 is 5.66. The zero-order valence-electron chi connectivity index (χ0n) is 11.5. The van der Waals surface area contributed by atoms with E-state index in [1.54, 1.807) is 0 Å². The SMILES string of the molecule is NC(CC1CCCNC1)c1ccc2c(c1)CCCO2. The number of ether oxygens (including phenoxy) is 1. The average Bonchev–Trinajstić information content (AvgIpc) is 2.48. The van der Waals surface area contributed by atoms with Gasteiger partial charge in [0, 0.05) is 6.04 Å². The lowest BCUT2D eigenvalue weighted by Crippen LogP contribution is -2.31. The third kappa shape index (κ3) is 3.10. The van der Waals surface area contributed by atoms with Crippen LogP contribution < -0.4 is 15.8 Å². The van der Waals surface area contributed by atoms with E-state index in [1.807, 2.05) is 0 Å². The molecule has 1 aromatic rings. The molecule has 104 valence electrons. The second-order valence-corrected chi connectivity index (χ2v) is 5.87. The minimum absolute atomic E-state index is 0.164. The summed E-state index contributed by atoms with van der Waals surface area (Å²) in [5.41, 5.74) is 9.00. The molecular formula is C16H24N2O. The molecule has 2 aliphatic rings. The van der Waals surface area contributed by atoms with Crippen LogP contribution in [-0.2, 0) is 6.42 Å². The molecule has 2 atom stereocenters. The second kappa shape index (κ2) is 5.93. The zero-order chi connectivity index (χ0) is 13.1. The van der Waals surface area contributed by atoms with Crippen molar-refractivity contribution in [3.63, 3.8) is 0 Å². The van der Waals surface area contributed by atoms with Crippen molar-refractivity contribution in [3.05, 3.63) is 29.3 Å². The number of hydrogen-bond donors (Lipinski definition) is 2. The number of nitrogens with two attached hydrogens (primary N) is 1. The quantitative estimate of drug-likeness (QED) is 0.877. The molecule has 0 spiro atoms. The predicted molar refractivity (Wildman–Crippen MR) is 77.4 cm³/mol. The number of rotatable bonds is 3. The van der Waals surface area contributed by atoms with Crippen molar-refractivity contribution in [3.8, 4) is 5.75 Å². The monoisotopic (exact) mass is 260 g/mol. The molecule has 0 aromatic heterocycles. The Morgan fingerprint density at radius 2 is 2.32 bits per heavy atom. The molecule has 3 N–H and O–H groups in total. The summed E-state index contributed by atoms with van der Waals surface area (Å²) in [5, 5.41) is 3.47. The van der Waals surface area contributed by atoms with Gasteiger partial charge < -0.3 is 15.8 Å². The van der Waals surface area contributed by atoms with E-state index < -0.39 is 0 Å². The van der Waals surface area contributed by atoms with Gasteiger partial charge in [0.1, 0.15) is 5.75 Å². The average molecular weight is 260 g/mol. The van der Waals surface area contributed by atoms with Gasteiger partial charge in [-0.05, 0) is 68.3 Å². The third-order valence-electron chi connectivity index (χ3n) is 4.35. The van der Waals surface area contributed by atoms with Gasteiger partial charge in [0.05, 0.1) is 6.61 Å². The Kier molecular flexibility index (Phi) is 4.04. The number of aryl methyl sites for hydroxylation is 1. The van der Waals surface area contributed by atoms with E-state index in [2.05, 4.69) is 23.5 Å². The molecule has 3 nitrogen and oxygen atoms in total. The molecule has 1 fully saturated rings. The first-order valence-corrected chi connectivity index (χ1v) is 7.55. The highest BCUT2D eigenvalue weighted by Gasteiger charge is 2.19. The third-order valence-corrected chi connectivity index (χ3v) is 4.35. The molecule has 19 heavy (non-hydrogen) atoms. The standard InChI is InChI=1S/C16H24N2O/c17-15(9-12-3-1-7-18-11-12)13-5-6-16-14(10-13)4-2-8-19-16/h5-6,10,12,15,18H,1-4,7-9,11,17H2. The van der Waals surface area contributed by atoms with Crippen LogP contribution in [0.5, 0.6) is 5.75 Å². The van der Waals surface area contributed by atoms with Crippen LogP contribution in [0.3, 0.4) is 0 Å². The van der Waals surface area contributed by atoms with Crippen molar-refractivity contribution in [1.29, 1.82) is 0 Å². The fraction of sp³-hybridized carbons (Fsp3) is 0.625. The molecule has 0 saturated carbocycles. The van der Waals surface area contributed by atoms with Crippen LogP contribution in [-0.4, -0.2) is 19.7 Å². The van der Waals surface area contributed by atoms with E-state index in [9.17, 15) is 0 Å². The van der Waals surface area contributed by atoms with Crippen molar-refractivity contribution in [1.82, 2.24) is 5.32 Å². The van der Waals surface area contributed by atoms with E-state index in [0.29, 0.717) is 0 Å². The fourth-order valence-electron chi connectivity index (χ4n) is 3.23. The maximum Gasteiger partial charge on any atom is 0.122 e. The van der Waals surface area contributed by atoms with Crippen LogP contribution in [0.4, 0.5) is 0 Å². The fourth-order valence-corrected chi connectivity index (χ4v) is 3.23. The van der Waals surface area contributed by atoms with E-state index >= 15 is 0 Å². The summed E-state index contributed by atoms with van der Waals surface area (Å²) in [6.07, 6.45) is 5.94. The molecule has 2 heterocycles. The highest BCUT2D eigenvalue weighted by atomic mass is 16.5. The highest BCUT2D eigenvalue weighted by molar-refractivity contribution is 5.39. The molecular weight excluding hydrogens is 236 g/mol. The molecule has 0 bridgehead atoms. The second-order valence-electron chi connectivity index (χ2n) is 5.87. The number of piperidine rings is 1. The van der Waals surface area contributed by atoms with Crippen molar-refractivity contribution in [2.45, 2.75) is 38.1 Å². The first-order valence-electron chi connectivity index (χ1n) is 7.55. The topological polar surface area (TPSA) is 47.3 Å². The van der Waals surface area contributed by atoms with Gasteiger partial charge in [-0.1, -0.05) is 12.1 Å². The molecule has 3 heteroatoms. The summed E-state index contributed by atoms with van der Waals surface area (Å²) in [6.45, 7) is 3.15. The first-order chi connectivity index (χ1) is 9.33. The van der Waals surface area contributed by atoms with Gasteiger partial charge in [-0.25, -0.2) is 0 Å². The van der Waals surface area contributed by atoms with Crippen molar-refractivity contribution >= 4 is 0 Å². The maximum atomic E-state index is 6.39. The Hall–Kier alpha value is -1.06. The minimum atomic E-state index is 0.164. The number of benzene rings is 1. The molecule has 0 amide bonds. The van der Waals surface area contributed by atoms with E-state index in [1.165, 1.54) is 30.5 Å². The summed E-state index contributed by atoms with van der Waals surface area (Å²) in [4.78, 5) is 0. The lowest BCUT2D eigenvalue weighted by Gasteiger charge is -2.26. The lowest BCUT2D eigenvalue weighted by atomic mass is 9.89. The van der Waals surface area contributed by atoms with Crippen molar-refractivity contribution in [2.75, 3.05) is 19.7 Å². The van der Waals surface area contributed by atoms with Crippen LogP contribution in [0.15, 0.2) is 18.2 Å². The Bertz CT molecular complexity index is 427. The summed E-state index contributed by atoms with van der Waals surface area (Å²) in [6, 6.07) is 6.67. The molecule has 1 saturated heterocycles. The number of nitrogens with one attached hydrogen (secondary N) is 1. The summed E-state index contributed by atoms with van der Waals surface area (Å²) >= 11 is 0. The Labute approximate surface area is 115 Å². The molecule has 1 aromatic carbocycles. The number of fused-ring (bicyclic) bond motifs is 1. The van der Waals surface area contributed by atoms with Gasteiger partial charge in [0.15, 0.2) is 0 Å². The van der Waals surface area contributed by atoms with Crippen LogP contribution in [0.2, 0.25) is 0 Å². The molecule has 2 unspecified atom stereocenters.